The molecule has 4 heterocycles. The first-order valence-electron chi connectivity index (χ1n) is 11.5. The highest BCUT2D eigenvalue weighted by Gasteiger charge is 2.36. The normalized spacial score (nSPS) is 14.7. The summed E-state index contributed by atoms with van der Waals surface area (Å²) in [6.45, 7) is 2.09. The van der Waals surface area contributed by atoms with Crippen molar-refractivity contribution in [1.29, 1.82) is 0 Å². The van der Waals surface area contributed by atoms with E-state index in [9.17, 15) is 27.2 Å². The Morgan fingerprint density at radius 1 is 1.16 bits per heavy atom. The van der Waals surface area contributed by atoms with Gasteiger partial charge >= 0.3 is 6.18 Å². The third-order valence-electron chi connectivity index (χ3n) is 6.18. The molecule has 196 valence electrons. The van der Waals surface area contributed by atoms with Crippen molar-refractivity contribution in [3.05, 3.63) is 52.3 Å². The number of fused-ring (bicyclic) bond motifs is 2. The van der Waals surface area contributed by atoms with Crippen LogP contribution in [0.1, 0.15) is 12.0 Å². The van der Waals surface area contributed by atoms with Crippen LogP contribution < -0.4 is 10.5 Å². The zero-order chi connectivity index (χ0) is 26.2. The van der Waals surface area contributed by atoms with Gasteiger partial charge in [-0.05, 0) is 12.1 Å². The van der Waals surface area contributed by atoms with Crippen LogP contribution in [0.25, 0.3) is 22.0 Å². The molecule has 1 aliphatic rings. The smallest absolute Gasteiger partial charge is 0.418 e. The Labute approximate surface area is 206 Å². The van der Waals surface area contributed by atoms with E-state index in [1.807, 2.05) is 10.00 Å². The lowest BCUT2D eigenvalue weighted by atomic mass is 10.2. The maximum absolute atomic E-state index is 13.4. The molecule has 0 saturated carbocycles. The maximum Gasteiger partial charge on any atom is 0.418 e. The molecule has 1 amide bonds. The third kappa shape index (κ3) is 5.14. The van der Waals surface area contributed by atoms with Gasteiger partial charge in [-0.15, -0.1) is 0 Å². The highest BCUT2D eigenvalue weighted by Crippen LogP contribution is 2.34. The summed E-state index contributed by atoms with van der Waals surface area (Å²) in [5.74, 6) is -0.520. The van der Waals surface area contributed by atoms with E-state index in [-0.39, 0.29) is 37.6 Å². The lowest BCUT2D eigenvalue weighted by Gasteiger charge is -2.33. The summed E-state index contributed by atoms with van der Waals surface area (Å²) in [5.41, 5.74) is -0.989. The summed E-state index contributed by atoms with van der Waals surface area (Å²) in [4.78, 5) is 32.4. The van der Waals surface area contributed by atoms with Gasteiger partial charge in [-0.1, -0.05) is 0 Å². The summed E-state index contributed by atoms with van der Waals surface area (Å²) in [7, 11) is 0. The van der Waals surface area contributed by atoms with Crippen LogP contribution in [0.4, 0.5) is 23.6 Å². The summed E-state index contributed by atoms with van der Waals surface area (Å²) < 4.78 is 65.7. The Kier molecular flexibility index (Phi) is 6.58. The van der Waals surface area contributed by atoms with Crippen LogP contribution in [0.3, 0.4) is 0 Å². The standard InChI is InChI=1S/C23H22F4N6O4/c24-14-1-2-16-18(11-14)37-22(29-16)32-6-4-31(5-7-32)19(34)3-9-36-10-8-33-13-15(23(25,26)27)20-17(33)12-28-30-21(20)35/h1-2,11-13H,3-10H2,(H,30,35). The topological polar surface area (TPSA) is 109 Å². The number of alkyl halides is 3. The third-order valence-corrected chi connectivity index (χ3v) is 6.18. The largest absolute Gasteiger partial charge is 0.423 e. The van der Waals surface area contributed by atoms with Gasteiger partial charge in [0.25, 0.3) is 11.6 Å². The number of piperazine rings is 1. The van der Waals surface area contributed by atoms with Gasteiger partial charge in [0.05, 0.1) is 42.3 Å². The molecule has 14 heteroatoms. The number of benzene rings is 1. The number of nitrogens with one attached hydrogen (secondary N) is 1. The number of hydrogen-bond acceptors (Lipinski definition) is 7. The van der Waals surface area contributed by atoms with Gasteiger partial charge in [0.2, 0.25) is 5.91 Å². The highest BCUT2D eigenvalue weighted by molar-refractivity contribution is 5.82. The Morgan fingerprint density at radius 3 is 2.70 bits per heavy atom. The van der Waals surface area contributed by atoms with Crippen LogP contribution in [-0.4, -0.2) is 69.9 Å². The van der Waals surface area contributed by atoms with Crippen LogP contribution in [0.5, 0.6) is 0 Å². The molecule has 4 aromatic rings. The molecular formula is C23H22F4N6O4. The summed E-state index contributed by atoms with van der Waals surface area (Å²) in [6.07, 6.45) is -2.55. The van der Waals surface area contributed by atoms with Crippen LogP contribution in [0, 0.1) is 5.82 Å². The van der Waals surface area contributed by atoms with E-state index in [0.29, 0.717) is 43.3 Å². The van der Waals surface area contributed by atoms with E-state index in [2.05, 4.69) is 10.1 Å². The van der Waals surface area contributed by atoms with Gasteiger partial charge in [-0.3, -0.25) is 9.59 Å². The van der Waals surface area contributed by atoms with Crippen LogP contribution in [0.2, 0.25) is 0 Å². The SMILES string of the molecule is O=C(CCOCCn1cc(C(F)(F)F)c2c(=O)[nH]ncc21)N1CCN(c2nc3ccc(F)cc3o2)CC1. The predicted octanol–water partition coefficient (Wildman–Crippen LogP) is 2.78. The Morgan fingerprint density at radius 2 is 1.95 bits per heavy atom. The fourth-order valence-corrected chi connectivity index (χ4v) is 4.31. The Balaban J connectivity index is 1.09. The van der Waals surface area contributed by atoms with Crippen molar-refractivity contribution in [2.75, 3.05) is 44.3 Å². The number of carbonyl (C=O) groups excluding carboxylic acids is 1. The molecule has 1 fully saturated rings. The maximum atomic E-state index is 13.4. The van der Waals surface area contributed by atoms with E-state index in [1.165, 1.54) is 16.7 Å². The number of ether oxygens (including phenoxy) is 1. The molecule has 1 aliphatic heterocycles. The average Bonchev–Trinajstić information content (AvgIpc) is 3.46. The van der Waals surface area contributed by atoms with E-state index in [0.717, 1.165) is 12.4 Å². The van der Waals surface area contributed by atoms with E-state index >= 15 is 0 Å². The van der Waals surface area contributed by atoms with Gasteiger partial charge in [0.15, 0.2) is 5.58 Å². The molecule has 1 saturated heterocycles. The molecule has 37 heavy (non-hydrogen) atoms. The fourth-order valence-electron chi connectivity index (χ4n) is 4.31. The Bertz CT molecular complexity index is 1490. The molecule has 0 bridgehead atoms. The van der Waals surface area contributed by atoms with Gasteiger partial charge < -0.3 is 23.5 Å². The number of halogens is 4. The number of hydrogen-bond donors (Lipinski definition) is 1. The molecule has 10 nitrogen and oxygen atoms in total. The van der Waals surface area contributed by atoms with E-state index in [1.54, 1.807) is 11.0 Å². The second kappa shape index (κ2) is 9.84. The molecule has 0 atom stereocenters. The predicted molar refractivity (Wildman–Crippen MR) is 124 cm³/mol. The van der Waals surface area contributed by atoms with Gasteiger partial charge in [-0.25, -0.2) is 9.49 Å². The van der Waals surface area contributed by atoms with Crippen LogP contribution in [-0.2, 0) is 22.3 Å². The summed E-state index contributed by atoms with van der Waals surface area (Å²) >= 11 is 0. The number of anilines is 1. The minimum Gasteiger partial charge on any atom is -0.423 e. The van der Waals surface area contributed by atoms with Crippen LogP contribution >= 0.6 is 0 Å². The molecule has 5 rings (SSSR count). The molecule has 3 aromatic heterocycles. The van der Waals surface area contributed by atoms with Gasteiger partial charge in [-0.2, -0.15) is 23.3 Å². The second-order valence-electron chi connectivity index (χ2n) is 8.53. The number of nitrogens with zero attached hydrogens (tertiary/aromatic N) is 5. The average molecular weight is 522 g/mol. The highest BCUT2D eigenvalue weighted by atomic mass is 19.4. The van der Waals surface area contributed by atoms with Crippen molar-refractivity contribution in [3.8, 4) is 0 Å². The lowest BCUT2D eigenvalue weighted by molar-refractivity contribution is -0.136. The molecular weight excluding hydrogens is 500 g/mol. The monoisotopic (exact) mass is 522 g/mol. The van der Waals surface area contributed by atoms with E-state index < -0.39 is 28.5 Å². The van der Waals surface area contributed by atoms with Crippen molar-refractivity contribution < 1.29 is 31.5 Å². The number of H-pyrrole nitrogens is 1. The van der Waals surface area contributed by atoms with Crippen molar-refractivity contribution in [1.82, 2.24) is 24.6 Å². The summed E-state index contributed by atoms with van der Waals surface area (Å²) in [6, 6.07) is 4.50. The van der Waals surface area contributed by atoms with Crippen molar-refractivity contribution >= 4 is 33.9 Å². The lowest BCUT2D eigenvalue weighted by Crippen LogP contribution is -2.49. The Hall–Kier alpha value is -3.94. The number of carbonyl (C=O) groups is 1. The second-order valence-corrected chi connectivity index (χ2v) is 8.53. The quantitative estimate of drug-likeness (QED) is 0.294. The fraction of sp³-hybridized carbons (Fsp3) is 0.391. The van der Waals surface area contributed by atoms with Crippen molar-refractivity contribution in [3.63, 3.8) is 0 Å². The van der Waals surface area contributed by atoms with Crippen molar-refractivity contribution in [2.45, 2.75) is 19.1 Å². The molecule has 1 N–H and O–H groups in total. The number of aromatic amines is 1. The first-order valence-corrected chi connectivity index (χ1v) is 11.5. The van der Waals surface area contributed by atoms with Gasteiger partial charge in [0, 0.05) is 45.0 Å². The number of aromatic nitrogens is 4. The minimum atomic E-state index is -4.69. The number of rotatable bonds is 7. The molecule has 0 radical (unpaired) electrons. The molecule has 0 spiro atoms. The minimum absolute atomic E-state index is 0.0489. The summed E-state index contributed by atoms with van der Waals surface area (Å²) in [5, 5.41) is 5.13. The number of amides is 1. The molecule has 0 aliphatic carbocycles. The zero-order valence-corrected chi connectivity index (χ0v) is 19.4. The first kappa shape index (κ1) is 24.7. The van der Waals surface area contributed by atoms with Crippen molar-refractivity contribution in [2.24, 2.45) is 0 Å². The molecule has 0 unspecified atom stereocenters. The first-order chi connectivity index (χ1) is 17.7. The van der Waals surface area contributed by atoms with E-state index in [4.69, 9.17) is 9.15 Å². The van der Waals surface area contributed by atoms with Gasteiger partial charge in [0.1, 0.15) is 11.3 Å². The van der Waals surface area contributed by atoms with Crippen LogP contribution in [0.15, 0.2) is 39.8 Å². The molecule has 1 aromatic carbocycles. The zero-order valence-electron chi connectivity index (χ0n) is 19.4. The number of oxazole rings is 1.